The summed E-state index contributed by atoms with van der Waals surface area (Å²) in [6.07, 6.45) is 0. The first kappa shape index (κ1) is 21.8. The van der Waals surface area contributed by atoms with Crippen LogP contribution in [0.4, 0.5) is 0 Å². The van der Waals surface area contributed by atoms with Gasteiger partial charge in [0.1, 0.15) is 5.69 Å². The molecular formula is C21H13N3O8. The number of hydrogen-bond acceptors (Lipinski definition) is 7. The summed E-state index contributed by atoms with van der Waals surface area (Å²) < 4.78 is 0. The number of aromatic carboxylic acids is 4. The maximum absolute atomic E-state index is 11.0. The van der Waals surface area contributed by atoms with Crippen molar-refractivity contribution in [1.82, 2.24) is 15.0 Å². The molecule has 2 heterocycles. The van der Waals surface area contributed by atoms with Gasteiger partial charge < -0.3 is 20.4 Å². The Balaban J connectivity index is 0.000000181. The third-order valence-electron chi connectivity index (χ3n) is 4.14. The molecule has 2 aromatic heterocycles. The van der Waals surface area contributed by atoms with Gasteiger partial charge in [-0.3, -0.25) is 0 Å². The highest BCUT2D eigenvalue weighted by molar-refractivity contribution is 6.04. The Labute approximate surface area is 178 Å². The predicted octanol–water partition coefficient (Wildman–Crippen LogP) is 2.66. The van der Waals surface area contributed by atoms with Crippen molar-refractivity contribution in [2.75, 3.05) is 0 Å². The third-order valence-corrected chi connectivity index (χ3v) is 4.14. The van der Waals surface area contributed by atoms with Gasteiger partial charge >= 0.3 is 23.9 Å². The summed E-state index contributed by atoms with van der Waals surface area (Å²) in [5.74, 6) is -5.22. The second-order valence-corrected chi connectivity index (χ2v) is 6.20. The highest BCUT2D eigenvalue weighted by atomic mass is 16.4. The number of para-hydroxylation sites is 3. The molecule has 0 atom stereocenters. The van der Waals surface area contributed by atoms with Crippen molar-refractivity contribution in [3.05, 3.63) is 77.2 Å². The summed E-state index contributed by atoms with van der Waals surface area (Å²) in [6, 6.07) is 14.1. The molecule has 0 saturated heterocycles. The highest BCUT2D eigenvalue weighted by Gasteiger charge is 2.20. The number of rotatable bonds is 4. The van der Waals surface area contributed by atoms with Gasteiger partial charge in [0.25, 0.3) is 0 Å². The number of pyridine rings is 1. The number of hydrogen-bond donors (Lipinski definition) is 4. The highest BCUT2D eigenvalue weighted by Crippen LogP contribution is 2.18. The molecule has 0 aliphatic rings. The topological polar surface area (TPSA) is 188 Å². The first-order valence-corrected chi connectivity index (χ1v) is 8.78. The van der Waals surface area contributed by atoms with Crippen molar-refractivity contribution in [3.8, 4) is 0 Å². The average Bonchev–Trinajstić information content (AvgIpc) is 2.77. The van der Waals surface area contributed by atoms with Gasteiger partial charge in [-0.2, -0.15) is 0 Å². The standard InChI is InChI=1S/C11H7NO4.C10H6N2O4/c13-10(14)7-5-9(11(15)16)12-8-4-2-1-3-6(7)8;13-9(14)7-8(10(15)16)12-6-4-2-1-3-5(6)11-7/h1-5H,(H,13,14)(H,15,16);1-4H,(H,13,14)(H,15,16). The Hall–Kier alpha value is -4.93. The van der Waals surface area contributed by atoms with Crippen molar-refractivity contribution in [2.24, 2.45) is 0 Å². The molecule has 0 saturated carbocycles. The fourth-order valence-electron chi connectivity index (χ4n) is 2.76. The molecule has 0 bridgehead atoms. The average molecular weight is 435 g/mol. The quantitative estimate of drug-likeness (QED) is 0.369. The van der Waals surface area contributed by atoms with Gasteiger partial charge in [-0.05, 0) is 24.3 Å². The molecular weight excluding hydrogens is 422 g/mol. The van der Waals surface area contributed by atoms with E-state index in [1.165, 1.54) is 0 Å². The normalized spacial score (nSPS) is 10.2. The minimum Gasteiger partial charge on any atom is -0.478 e. The molecule has 0 spiro atoms. The number of aromatic nitrogens is 3. The zero-order valence-electron chi connectivity index (χ0n) is 16.0. The smallest absolute Gasteiger partial charge is 0.357 e. The van der Waals surface area contributed by atoms with E-state index >= 15 is 0 Å². The molecule has 11 nitrogen and oxygen atoms in total. The molecule has 0 radical (unpaired) electrons. The van der Waals surface area contributed by atoms with Crippen molar-refractivity contribution >= 4 is 45.8 Å². The van der Waals surface area contributed by atoms with Gasteiger partial charge in [0.2, 0.25) is 0 Å². The van der Waals surface area contributed by atoms with Crippen LogP contribution >= 0.6 is 0 Å². The first-order chi connectivity index (χ1) is 15.2. The maximum atomic E-state index is 11.0. The lowest BCUT2D eigenvalue weighted by Gasteiger charge is -2.03. The summed E-state index contributed by atoms with van der Waals surface area (Å²) >= 11 is 0. The molecule has 0 amide bonds. The van der Waals surface area contributed by atoms with E-state index in [4.69, 9.17) is 20.4 Å². The van der Waals surface area contributed by atoms with E-state index in [9.17, 15) is 19.2 Å². The summed E-state index contributed by atoms with van der Waals surface area (Å²) in [5, 5.41) is 35.8. The van der Waals surface area contributed by atoms with Crippen LogP contribution in [0.25, 0.3) is 21.9 Å². The Morgan fingerprint density at radius 3 is 1.47 bits per heavy atom. The fourth-order valence-corrected chi connectivity index (χ4v) is 2.76. The maximum Gasteiger partial charge on any atom is 0.357 e. The van der Waals surface area contributed by atoms with Crippen LogP contribution in [0, 0.1) is 0 Å². The van der Waals surface area contributed by atoms with Gasteiger partial charge in [-0.1, -0.05) is 30.3 Å². The summed E-state index contributed by atoms with van der Waals surface area (Å²) in [7, 11) is 0. The largest absolute Gasteiger partial charge is 0.478 e. The Morgan fingerprint density at radius 1 is 0.562 bits per heavy atom. The molecule has 0 unspecified atom stereocenters. The monoisotopic (exact) mass is 435 g/mol. The van der Waals surface area contributed by atoms with Gasteiger partial charge in [0, 0.05) is 5.39 Å². The molecule has 4 aromatic rings. The number of nitrogens with zero attached hydrogens (tertiary/aromatic N) is 3. The van der Waals surface area contributed by atoms with Gasteiger partial charge in [0.05, 0.1) is 22.1 Å². The lowest BCUT2D eigenvalue weighted by Crippen LogP contribution is -2.13. The molecule has 160 valence electrons. The molecule has 4 rings (SSSR count). The van der Waals surface area contributed by atoms with Crippen LogP contribution in [0.3, 0.4) is 0 Å². The van der Waals surface area contributed by atoms with E-state index < -0.39 is 35.3 Å². The van der Waals surface area contributed by atoms with Crippen molar-refractivity contribution in [3.63, 3.8) is 0 Å². The molecule has 0 aliphatic heterocycles. The number of fused-ring (bicyclic) bond motifs is 2. The molecule has 4 N–H and O–H groups in total. The Bertz CT molecular complexity index is 1350. The van der Waals surface area contributed by atoms with E-state index in [1.54, 1.807) is 48.5 Å². The van der Waals surface area contributed by atoms with E-state index in [0.29, 0.717) is 21.9 Å². The van der Waals surface area contributed by atoms with Crippen LogP contribution in [-0.2, 0) is 0 Å². The molecule has 32 heavy (non-hydrogen) atoms. The van der Waals surface area contributed by atoms with Crippen LogP contribution in [0.5, 0.6) is 0 Å². The first-order valence-electron chi connectivity index (χ1n) is 8.78. The van der Waals surface area contributed by atoms with Crippen LogP contribution < -0.4 is 0 Å². The third kappa shape index (κ3) is 4.46. The van der Waals surface area contributed by atoms with Crippen molar-refractivity contribution in [2.45, 2.75) is 0 Å². The zero-order chi connectivity index (χ0) is 23.4. The fraction of sp³-hybridized carbons (Fsp3) is 0. The summed E-state index contributed by atoms with van der Waals surface area (Å²) in [6.45, 7) is 0. The van der Waals surface area contributed by atoms with E-state index in [2.05, 4.69) is 15.0 Å². The Kier molecular flexibility index (Phi) is 6.01. The number of carboxylic acid groups (broad SMARTS) is 4. The van der Waals surface area contributed by atoms with Gasteiger partial charge in [0.15, 0.2) is 11.4 Å². The summed E-state index contributed by atoms with van der Waals surface area (Å²) in [5.41, 5.74) is -0.355. The van der Waals surface area contributed by atoms with Crippen LogP contribution in [-0.4, -0.2) is 59.3 Å². The number of carbonyl (C=O) groups is 4. The lowest BCUT2D eigenvalue weighted by atomic mass is 10.1. The minimum atomic E-state index is -1.41. The molecule has 0 aliphatic carbocycles. The van der Waals surface area contributed by atoms with E-state index in [-0.39, 0.29) is 11.3 Å². The molecule has 2 aromatic carbocycles. The number of carboxylic acids is 4. The van der Waals surface area contributed by atoms with Crippen LogP contribution in [0.2, 0.25) is 0 Å². The van der Waals surface area contributed by atoms with Crippen LogP contribution in [0.1, 0.15) is 41.8 Å². The second kappa shape index (κ2) is 8.83. The van der Waals surface area contributed by atoms with Crippen molar-refractivity contribution < 1.29 is 39.6 Å². The molecule has 0 fully saturated rings. The van der Waals surface area contributed by atoms with Gasteiger partial charge in [-0.15, -0.1) is 0 Å². The molecule has 11 heteroatoms. The van der Waals surface area contributed by atoms with E-state index in [0.717, 1.165) is 6.07 Å². The van der Waals surface area contributed by atoms with Gasteiger partial charge in [-0.25, -0.2) is 34.1 Å². The predicted molar refractivity (Wildman–Crippen MR) is 109 cm³/mol. The van der Waals surface area contributed by atoms with Crippen molar-refractivity contribution in [1.29, 1.82) is 0 Å². The van der Waals surface area contributed by atoms with E-state index in [1.807, 2.05) is 0 Å². The Morgan fingerprint density at radius 2 is 1.03 bits per heavy atom. The van der Waals surface area contributed by atoms with Crippen LogP contribution in [0.15, 0.2) is 54.6 Å². The second-order valence-electron chi connectivity index (χ2n) is 6.20. The summed E-state index contributed by atoms with van der Waals surface area (Å²) in [4.78, 5) is 54.7. The minimum absolute atomic E-state index is 0.0528. The lowest BCUT2D eigenvalue weighted by molar-refractivity contribution is 0.0642. The number of benzene rings is 2. The zero-order valence-corrected chi connectivity index (χ0v) is 16.0. The SMILES string of the molecule is O=C(O)c1cc(C(=O)O)c2ccccc2n1.O=C(O)c1nc2ccccc2nc1C(=O)O.